The minimum atomic E-state index is -0.672. The Labute approximate surface area is 114 Å². The molecule has 0 spiro atoms. The lowest BCUT2D eigenvalue weighted by molar-refractivity contribution is -0.139. The number of carbonyl (C=O) groups is 2. The number of methoxy groups -OCH3 is 1. The molecule has 0 aromatic carbocycles. The second-order valence-electron chi connectivity index (χ2n) is 5.77. The van der Waals surface area contributed by atoms with Crippen LogP contribution in [-0.4, -0.2) is 49.1 Å². The summed E-state index contributed by atoms with van der Waals surface area (Å²) in [6.07, 6.45) is 4.37. The van der Waals surface area contributed by atoms with Crippen molar-refractivity contribution in [2.45, 2.75) is 44.6 Å². The highest BCUT2D eigenvalue weighted by atomic mass is 16.5. The van der Waals surface area contributed by atoms with E-state index < -0.39 is 5.54 Å². The summed E-state index contributed by atoms with van der Waals surface area (Å²) in [6, 6.07) is 0. The molecule has 5 heteroatoms. The first-order chi connectivity index (χ1) is 9.08. The van der Waals surface area contributed by atoms with Crippen LogP contribution >= 0.6 is 0 Å². The molecule has 1 heterocycles. The molecule has 1 unspecified atom stereocenters. The average molecular weight is 268 g/mol. The molecule has 0 radical (unpaired) electrons. The lowest BCUT2D eigenvalue weighted by Crippen LogP contribution is -2.56. The van der Waals surface area contributed by atoms with E-state index in [0.29, 0.717) is 18.9 Å². The molecule has 0 aromatic heterocycles. The van der Waals surface area contributed by atoms with Gasteiger partial charge in [0.2, 0.25) is 11.8 Å². The van der Waals surface area contributed by atoms with Crippen LogP contribution < -0.4 is 5.32 Å². The second kappa shape index (κ2) is 5.90. The van der Waals surface area contributed by atoms with Crippen LogP contribution in [0.25, 0.3) is 0 Å². The highest BCUT2D eigenvalue weighted by molar-refractivity contribution is 5.93. The summed E-state index contributed by atoms with van der Waals surface area (Å²) < 4.78 is 5.02. The molecule has 1 saturated heterocycles. The maximum absolute atomic E-state index is 12.6. The molecule has 5 nitrogen and oxygen atoms in total. The van der Waals surface area contributed by atoms with Crippen LogP contribution in [0.3, 0.4) is 0 Å². The van der Waals surface area contributed by atoms with Gasteiger partial charge in [0, 0.05) is 33.2 Å². The lowest BCUT2D eigenvalue weighted by Gasteiger charge is -2.32. The van der Waals surface area contributed by atoms with E-state index in [1.165, 1.54) is 0 Å². The van der Waals surface area contributed by atoms with Gasteiger partial charge in [-0.25, -0.2) is 0 Å². The largest absolute Gasteiger partial charge is 0.385 e. The third kappa shape index (κ3) is 3.26. The van der Waals surface area contributed by atoms with Gasteiger partial charge in [-0.2, -0.15) is 0 Å². The predicted molar refractivity (Wildman–Crippen MR) is 71.6 cm³/mol. The Morgan fingerprint density at radius 3 is 2.74 bits per heavy atom. The third-order valence-electron chi connectivity index (χ3n) is 4.16. The van der Waals surface area contributed by atoms with Crippen LogP contribution in [0, 0.1) is 5.92 Å². The van der Waals surface area contributed by atoms with Gasteiger partial charge in [-0.3, -0.25) is 9.59 Å². The SMILES string of the molecule is COCCCCN1CCC(=O)NC(C)(C2CC2)C1=O. The number of amides is 2. The van der Waals surface area contributed by atoms with E-state index in [9.17, 15) is 9.59 Å². The summed E-state index contributed by atoms with van der Waals surface area (Å²) in [5.41, 5.74) is -0.672. The zero-order valence-electron chi connectivity index (χ0n) is 11.9. The van der Waals surface area contributed by atoms with Gasteiger partial charge in [0.1, 0.15) is 5.54 Å². The van der Waals surface area contributed by atoms with Gasteiger partial charge < -0.3 is 15.0 Å². The van der Waals surface area contributed by atoms with Gasteiger partial charge in [-0.05, 0) is 38.5 Å². The number of nitrogens with one attached hydrogen (secondary N) is 1. The molecule has 108 valence electrons. The molecular weight excluding hydrogens is 244 g/mol. The fourth-order valence-corrected chi connectivity index (χ4v) is 2.77. The average Bonchev–Trinajstić information content (AvgIpc) is 3.20. The molecule has 2 aliphatic rings. The molecule has 0 bridgehead atoms. The van der Waals surface area contributed by atoms with Crippen LogP contribution in [0.2, 0.25) is 0 Å². The molecule has 1 N–H and O–H groups in total. The molecule has 1 saturated carbocycles. The Hall–Kier alpha value is -1.10. The van der Waals surface area contributed by atoms with E-state index in [4.69, 9.17) is 4.74 Å². The second-order valence-corrected chi connectivity index (χ2v) is 5.77. The Bertz CT molecular complexity index is 355. The number of nitrogens with zero attached hydrogens (tertiary/aromatic N) is 1. The summed E-state index contributed by atoms with van der Waals surface area (Å²) in [5, 5.41) is 2.94. The normalized spacial score (nSPS) is 28.2. The first-order valence-electron chi connectivity index (χ1n) is 7.17. The number of unbranched alkanes of at least 4 members (excludes halogenated alkanes) is 1. The monoisotopic (exact) mass is 268 g/mol. The highest BCUT2D eigenvalue weighted by Gasteiger charge is 2.50. The van der Waals surface area contributed by atoms with Crippen molar-refractivity contribution in [1.82, 2.24) is 10.2 Å². The van der Waals surface area contributed by atoms with E-state index in [0.717, 1.165) is 38.8 Å². The van der Waals surface area contributed by atoms with Crippen molar-refractivity contribution in [2.24, 2.45) is 5.92 Å². The zero-order valence-corrected chi connectivity index (χ0v) is 11.9. The van der Waals surface area contributed by atoms with Crippen LogP contribution in [0.5, 0.6) is 0 Å². The van der Waals surface area contributed by atoms with Gasteiger partial charge >= 0.3 is 0 Å². The molecule has 1 aliphatic heterocycles. The van der Waals surface area contributed by atoms with Gasteiger partial charge in [0.05, 0.1) is 0 Å². The van der Waals surface area contributed by atoms with Crippen molar-refractivity contribution in [2.75, 3.05) is 26.8 Å². The Morgan fingerprint density at radius 1 is 1.37 bits per heavy atom. The topological polar surface area (TPSA) is 58.6 Å². The number of carbonyl (C=O) groups excluding carboxylic acids is 2. The molecular formula is C14H24N2O3. The van der Waals surface area contributed by atoms with Gasteiger partial charge in [0.25, 0.3) is 0 Å². The fraction of sp³-hybridized carbons (Fsp3) is 0.857. The van der Waals surface area contributed by atoms with Gasteiger partial charge in [-0.1, -0.05) is 0 Å². The quantitative estimate of drug-likeness (QED) is 0.729. The van der Waals surface area contributed by atoms with Crippen molar-refractivity contribution in [3.05, 3.63) is 0 Å². The van der Waals surface area contributed by atoms with Crippen LogP contribution in [0.1, 0.15) is 39.0 Å². The van der Waals surface area contributed by atoms with Crippen LogP contribution in [0.15, 0.2) is 0 Å². The van der Waals surface area contributed by atoms with E-state index in [1.54, 1.807) is 7.11 Å². The fourth-order valence-electron chi connectivity index (χ4n) is 2.77. The Morgan fingerprint density at radius 2 is 2.11 bits per heavy atom. The molecule has 1 aliphatic carbocycles. The van der Waals surface area contributed by atoms with E-state index in [2.05, 4.69) is 5.32 Å². The minimum Gasteiger partial charge on any atom is -0.385 e. The molecule has 2 rings (SSSR count). The first-order valence-corrected chi connectivity index (χ1v) is 7.17. The van der Waals surface area contributed by atoms with Crippen molar-refractivity contribution in [1.29, 1.82) is 0 Å². The third-order valence-corrected chi connectivity index (χ3v) is 4.16. The zero-order chi connectivity index (χ0) is 13.9. The van der Waals surface area contributed by atoms with E-state index >= 15 is 0 Å². The van der Waals surface area contributed by atoms with Crippen molar-refractivity contribution in [3.8, 4) is 0 Å². The first kappa shape index (κ1) is 14.3. The maximum atomic E-state index is 12.6. The van der Waals surface area contributed by atoms with Crippen molar-refractivity contribution < 1.29 is 14.3 Å². The van der Waals surface area contributed by atoms with Gasteiger partial charge in [0.15, 0.2) is 0 Å². The summed E-state index contributed by atoms with van der Waals surface area (Å²) >= 11 is 0. The Balaban J connectivity index is 1.98. The van der Waals surface area contributed by atoms with E-state index in [-0.39, 0.29) is 11.8 Å². The number of hydrogen-bond donors (Lipinski definition) is 1. The number of ether oxygens (including phenoxy) is 1. The maximum Gasteiger partial charge on any atom is 0.248 e. The Kier molecular flexibility index (Phi) is 4.45. The van der Waals surface area contributed by atoms with E-state index in [1.807, 2.05) is 11.8 Å². The van der Waals surface area contributed by atoms with Crippen LogP contribution in [-0.2, 0) is 14.3 Å². The minimum absolute atomic E-state index is 0.00198. The molecule has 0 aromatic rings. The summed E-state index contributed by atoms with van der Waals surface area (Å²) in [4.78, 5) is 26.3. The predicted octanol–water partition coefficient (Wildman–Crippen LogP) is 0.930. The summed E-state index contributed by atoms with van der Waals surface area (Å²) in [6.45, 7) is 3.87. The van der Waals surface area contributed by atoms with Gasteiger partial charge in [-0.15, -0.1) is 0 Å². The van der Waals surface area contributed by atoms with Crippen LogP contribution in [0.4, 0.5) is 0 Å². The molecule has 2 amide bonds. The molecule has 2 fully saturated rings. The smallest absolute Gasteiger partial charge is 0.248 e. The highest BCUT2D eigenvalue weighted by Crippen LogP contribution is 2.41. The summed E-state index contributed by atoms with van der Waals surface area (Å²) in [5.74, 6) is 0.420. The van der Waals surface area contributed by atoms with Crippen molar-refractivity contribution in [3.63, 3.8) is 0 Å². The lowest BCUT2D eigenvalue weighted by atomic mass is 9.94. The number of rotatable bonds is 6. The number of hydrogen-bond acceptors (Lipinski definition) is 3. The summed E-state index contributed by atoms with van der Waals surface area (Å²) in [7, 11) is 1.68. The molecule has 1 atom stereocenters. The standard InChI is InChI=1S/C14H24N2O3/c1-14(11-5-6-11)13(18)16(8-3-4-10-19-2)9-7-12(17)15-14/h11H,3-10H2,1-2H3,(H,15,17). The van der Waals surface area contributed by atoms with Crippen molar-refractivity contribution >= 4 is 11.8 Å². The molecule has 19 heavy (non-hydrogen) atoms.